The van der Waals surface area contributed by atoms with Crippen LogP contribution in [-0.4, -0.2) is 33.5 Å². The van der Waals surface area contributed by atoms with Crippen LogP contribution in [0.2, 0.25) is 0 Å². The van der Waals surface area contributed by atoms with Gasteiger partial charge in [0.2, 0.25) is 11.1 Å². The highest BCUT2D eigenvalue weighted by Crippen LogP contribution is 2.40. The highest BCUT2D eigenvalue weighted by molar-refractivity contribution is 7.99. The first kappa shape index (κ1) is 32.2. The summed E-state index contributed by atoms with van der Waals surface area (Å²) in [6, 6.07) is 19.7. The van der Waals surface area contributed by atoms with E-state index in [1.807, 2.05) is 57.2 Å². The molecule has 2 heterocycles. The lowest BCUT2D eigenvalue weighted by Crippen LogP contribution is -2.31. The third-order valence-electron chi connectivity index (χ3n) is 8.08. The summed E-state index contributed by atoms with van der Waals surface area (Å²) >= 11 is 1.60. The zero-order valence-electron chi connectivity index (χ0n) is 27.4. The van der Waals surface area contributed by atoms with Gasteiger partial charge in [0.25, 0.3) is 5.91 Å². The number of amides is 1. The summed E-state index contributed by atoms with van der Waals surface area (Å²) in [4.78, 5) is 18.8. The highest BCUT2D eigenvalue weighted by atomic mass is 32.2. The van der Waals surface area contributed by atoms with Gasteiger partial charge >= 0.3 is 0 Å². The van der Waals surface area contributed by atoms with Crippen molar-refractivity contribution >= 4 is 29.3 Å². The van der Waals surface area contributed by atoms with Crippen molar-refractivity contribution in [1.82, 2.24) is 14.8 Å². The summed E-state index contributed by atoms with van der Waals surface area (Å²) in [5.41, 5.74) is 7.45. The van der Waals surface area contributed by atoms with Crippen LogP contribution in [0.15, 0.2) is 77.1 Å². The Labute approximate surface area is 270 Å². The van der Waals surface area contributed by atoms with E-state index in [0.29, 0.717) is 40.5 Å². The van der Waals surface area contributed by atoms with Gasteiger partial charge < -0.3 is 20.1 Å². The quantitative estimate of drug-likeness (QED) is 0.172. The van der Waals surface area contributed by atoms with E-state index >= 15 is 0 Å². The van der Waals surface area contributed by atoms with Crippen molar-refractivity contribution in [3.05, 3.63) is 99.8 Å². The van der Waals surface area contributed by atoms with E-state index in [9.17, 15) is 4.79 Å². The van der Waals surface area contributed by atoms with Crippen LogP contribution in [0.3, 0.4) is 0 Å². The number of fused-ring (bicyclic) bond motifs is 1. The molecule has 3 aromatic carbocycles. The van der Waals surface area contributed by atoms with Crippen LogP contribution in [0.4, 0.5) is 11.6 Å². The number of allylic oxidation sites excluding steroid dienone is 1. The molecule has 0 saturated heterocycles. The van der Waals surface area contributed by atoms with Crippen LogP contribution >= 0.6 is 11.8 Å². The Kier molecular flexibility index (Phi) is 9.58. The van der Waals surface area contributed by atoms with Crippen LogP contribution in [0.25, 0.3) is 0 Å². The van der Waals surface area contributed by atoms with Crippen molar-refractivity contribution in [1.29, 1.82) is 0 Å². The number of aryl methyl sites for hydroxylation is 1. The first-order valence-corrected chi connectivity index (χ1v) is 16.3. The molecule has 1 aromatic heterocycles. The van der Waals surface area contributed by atoms with Crippen LogP contribution in [0.1, 0.15) is 74.9 Å². The first-order valence-electron chi connectivity index (χ1n) is 15.3. The Balaban J connectivity index is 1.48. The van der Waals surface area contributed by atoms with Crippen LogP contribution < -0.4 is 20.1 Å². The number of ether oxygens (including phenoxy) is 2. The maximum atomic E-state index is 14.0. The maximum absolute atomic E-state index is 14.0. The molecule has 9 heteroatoms. The number of anilines is 2. The molecule has 5 rings (SSSR count). The van der Waals surface area contributed by atoms with Gasteiger partial charge in [-0.25, -0.2) is 4.68 Å². The molecular formula is C36H43N5O3S. The largest absolute Gasteiger partial charge is 0.493 e. The van der Waals surface area contributed by atoms with Gasteiger partial charge in [-0.15, -0.1) is 5.10 Å². The summed E-state index contributed by atoms with van der Waals surface area (Å²) in [7, 11) is 1.63. The molecule has 0 radical (unpaired) electrons. The molecule has 0 fully saturated rings. The van der Waals surface area contributed by atoms with Gasteiger partial charge in [-0.1, -0.05) is 81.9 Å². The molecule has 2 N–H and O–H groups in total. The lowest BCUT2D eigenvalue weighted by atomic mass is 9.87. The van der Waals surface area contributed by atoms with Crippen molar-refractivity contribution in [2.24, 2.45) is 0 Å². The van der Waals surface area contributed by atoms with Crippen molar-refractivity contribution in [3.63, 3.8) is 0 Å². The summed E-state index contributed by atoms with van der Waals surface area (Å²) in [6.07, 6.45) is 1.01. The molecule has 45 heavy (non-hydrogen) atoms. The number of carbonyl (C=O) groups is 1. The molecule has 0 aliphatic carbocycles. The Morgan fingerprint density at radius 1 is 1.04 bits per heavy atom. The van der Waals surface area contributed by atoms with Crippen molar-refractivity contribution in [2.45, 2.75) is 78.1 Å². The molecule has 8 nitrogen and oxygen atoms in total. The zero-order valence-corrected chi connectivity index (χ0v) is 28.3. The topological polar surface area (TPSA) is 90.3 Å². The third kappa shape index (κ3) is 7.04. The summed E-state index contributed by atoms with van der Waals surface area (Å²) < 4.78 is 13.8. The zero-order chi connectivity index (χ0) is 32.3. The van der Waals surface area contributed by atoms with Crippen LogP contribution in [0, 0.1) is 13.8 Å². The number of methoxy groups -OCH3 is 1. The number of thioether (sulfide) groups is 1. The molecule has 0 spiro atoms. The van der Waals surface area contributed by atoms with E-state index in [4.69, 9.17) is 19.6 Å². The summed E-state index contributed by atoms with van der Waals surface area (Å²) in [5.74, 6) is 2.49. The smallest absolute Gasteiger partial charge is 0.255 e. The number of carbonyl (C=O) groups excluding carboxylic acids is 1. The van der Waals surface area contributed by atoms with Gasteiger partial charge in [-0.2, -0.15) is 4.98 Å². The number of aromatic nitrogens is 3. The summed E-state index contributed by atoms with van der Waals surface area (Å²) in [6.45, 7) is 15.1. The van der Waals surface area contributed by atoms with E-state index in [1.165, 1.54) is 5.56 Å². The first-order chi connectivity index (χ1) is 21.5. The fourth-order valence-electron chi connectivity index (χ4n) is 5.30. The number of hydrogen-bond acceptors (Lipinski definition) is 7. The average molecular weight is 626 g/mol. The SMILES string of the molecule is CCCSc1nc2n(n1)C(c1ccc(OCc3ccc(C(C)(C)C)cc3)c(OC)c1)C(C(=O)Nc1cccc(C)c1C)=C(C)N2. The number of hydrogen-bond donors (Lipinski definition) is 2. The van der Waals surface area contributed by atoms with E-state index in [2.05, 4.69) is 62.6 Å². The molecule has 1 amide bonds. The minimum absolute atomic E-state index is 0.0912. The van der Waals surface area contributed by atoms with Gasteiger partial charge in [0.15, 0.2) is 11.5 Å². The van der Waals surface area contributed by atoms with Gasteiger partial charge in [-0.3, -0.25) is 4.79 Å². The molecule has 236 valence electrons. The molecular weight excluding hydrogens is 582 g/mol. The average Bonchev–Trinajstić information content (AvgIpc) is 3.42. The fourth-order valence-corrected chi connectivity index (χ4v) is 5.98. The second kappa shape index (κ2) is 13.4. The molecule has 0 bridgehead atoms. The van der Waals surface area contributed by atoms with E-state index in [0.717, 1.165) is 40.1 Å². The fraction of sp³-hybridized carbons (Fsp3) is 0.361. The number of nitrogens with one attached hydrogen (secondary N) is 2. The van der Waals surface area contributed by atoms with Crippen LogP contribution in [0.5, 0.6) is 11.5 Å². The normalized spacial score (nSPS) is 14.5. The second-order valence-corrected chi connectivity index (χ2v) is 13.5. The predicted octanol–water partition coefficient (Wildman–Crippen LogP) is 8.21. The standard InChI is InChI=1S/C36H43N5O3S/c1-9-19-45-35-39-34-37-24(4)31(33(42)38-28-12-10-11-22(2)23(28)3)32(41(34)40-35)26-15-18-29(30(20-26)43-8)44-21-25-13-16-27(17-14-25)36(5,6)7/h10-18,20,32H,9,19,21H2,1-8H3,(H,38,42)(H,37,39,40). The second-order valence-electron chi connectivity index (χ2n) is 12.4. The minimum atomic E-state index is -0.539. The molecule has 0 saturated carbocycles. The van der Waals surface area contributed by atoms with Crippen molar-refractivity contribution in [2.75, 3.05) is 23.5 Å². The van der Waals surface area contributed by atoms with Gasteiger partial charge in [-0.05, 0) is 78.6 Å². The van der Waals surface area contributed by atoms with Gasteiger partial charge in [0, 0.05) is 17.1 Å². The monoisotopic (exact) mass is 625 g/mol. The molecule has 1 atom stereocenters. The Bertz CT molecular complexity index is 1720. The Hall–Kier alpha value is -4.24. The van der Waals surface area contributed by atoms with Crippen molar-refractivity contribution in [3.8, 4) is 11.5 Å². The molecule has 1 aliphatic rings. The number of rotatable bonds is 10. The molecule has 1 unspecified atom stereocenters. The lowest BCUT2D eigenvalue weighted by Gasteiger charge is -2.29. The molecule has 4 aromatic rings. The molecule has 1 aliphatic heterocycles. The van der Waals surface area contributed by atoms with Crippen LogP contribution in [-0.2, 0) is 16.8 Å². The minimum Gasteiger partial charge on any atom is -0.493 e. The number of nitrogens with zero attached hydrogens (tertiary/aromatic N) is 3. The summed E-state index contributed by atoms with van der Waals surface area (Å²) in [5, 5.41) is 12.0. The maximum Gasteiger partial charge on any atom is 0.255 e. The third-order valence-corrected chi connectivity index (χ3v) is 9.13. The van der Waals surface area contributed by atoms with E-state index in [1.54, 1.807) is 23.6 Å². The Morgan fingerprint density at radius 3 is 2.49 bits per heavy atom. The van der Waals surface area contributed by atoms with E-state index in [-0.39, 0.29) is 11.3 Å². The predicted molar refractivity (Wildman–Crippen MR) is 183 cm³/mol. The lowest BCUT2D eigenvalue weighted by molar-refractivity contribution is -0.113. The Morgan fingerprint density at radius 2 is 1.80 bits per heavy atom. The number of benzene rings is 3. The van der Waals surface area contributed by atoms with Crippen molar-refractivity contribution < 1.29 is 14.3 Å². The van der Waals surface area contributed by atoms with E-state index < -0.39 is 6.04 Å². The van der Waals surface area contributed by atoms with Gasteiger partial charge in [0.1, 0.15) is 12.6 Å². The van der Waals surface area contributed by atoms with Gasteiger partial charge in [0.05, 0.1) is 12.7 Å². The highest BCUT2D eigenvalue weighted by Gasteiger charge is 2.35.